The van der Waals surface area contributed by atoms with E-state index in [1.54, 1.807) is 19.2 Å². The van der Waals surface area contributed by atoms with Crippen LogP contribution in [0, 0.1) is 0 Å². The number of carboxylic acids is 1. The van der Waals surface area contributed by atoms with E-state index in [0.717, 1.165) is 65.3 Å². The summed E-state index contributed by atoms with van der Waals surface area (Å²) in [7, 11) is 0. The Morgan fingerprint density at radius 2 is 1.89 bits per heavy atom. The number of likely N-dealkylation sites (tertiary alicyclic amines) is 1. The third-order valence-corrected chi connectivity index (χ3v) is 7.67. The molecule has 2 N–H and O–H groups in total. The molecule has 6 nitrogen and oxygen atoms in total. The van der Waals surface area contributed by atoms with Crippen LogP contribution in [0.3, 0.4) is 0 Å². The maximum absolute atomic E-state index is 11.4. The average molecular weight is 531 g/mol. The van der Waals surface area contributed by atoms with E-state index >= 15 is 0 Å². The molecule has 1 saturated heterocycles. The lowest BCUT2D eigenvalue weighted by Crippen LogP contribution is -2.42. The van der Waals surface area contributed by atoms with Gasteiger partial charge in [-0.3, -0.25) is 4.98 Å². The molecule has 0 amide bonds. The highest BCUT2D eigenvalue weighted by Crippen LogP contribution is 2.38. The number of aliphatic carboxylic acids is 1. The highest BCUT2D eigenvalue weighted by atomic mass is 35.5. The van der Waals surface area contributed by atoms with Crippen LogP contribution < -0.4 is 4.74 Å². The molecular weight excluding hydrogens is 500 g/mol. The van der Waals surface area contributed by atoms with Crippen molar-refractivity contribution in [3.8, 4) is 5.75 Å². The van der Waals surface area contributed by atoms with Crippen molar-refractivity contribution in [1.29, 1.82) is 0 Å². The molecule has 1 aromatic heterocycles. The number of carbonyl (C=O) groups is 1. The number of hydrogen-bond acceptors (Lipinski definition) is 5. The Kier molecular flexibility index (Phi) is 7.65. The number of pyridine rings is 1. The maximum Gasteiger partial charge on any atom is 0.331 e. The number of carboxylic acid groups (broad SMARTS) is 1. The molecule has 196 valence electrons. The summed E-state index contributed by atoms with van der Waals surface area (Å²) >= 11 is 6.02. The van der Waals surface area contributed by atoms with Gasteiger partial charge in [0.2, 0.25) is 0 Å². The Morgan fingerprint density at radius 1 is 1.13 bits per heavy atom. The second-order valence-electron chi connectivity index (χ2n) is 9.96. The van der Waals surface area contributed by atoms with E-state index in [2.05, 4.69) is 22.0 Å². The van der Waals surface area contributed by atoms with Crippen LogP contribution in [0.15, 0.2) is 72.4 Å². The van der Waals surface area contributed by atoms with Crippen molar-refractivity contribution in [2.75, 3.05) is 19.6 Å². The molecule has 0 spiro atoms. The van der Waals surface area contributed by atoms with Gasteiger partial charge < -0.3 is 19.8 Å². The van der Waals surface area contributed by atoms with Crippen LogP contribution in [-0.4, -0.2) is 45.7 Å². The summed E-state index contributed by atoms with van der Waals surface area (Å²) in [4.78, 5) is 18.3. The van der Waals surface area contributed by atoms with Crippen molar-refractivity contribution >= 4 is 29.2 Å². The second-order valence-corrected chi connectivity index (χ2v) is 10.4. The Morgan fingerprint density at radius 3 is 2.63 bits per heavy atom. The van der Waals surface area contributed by atoms with Crippen molar-refractivity contribution < 1.29 is 19.7 Å². The van der Waals surface area contributed by atoms with Gasteiger partial charge in [0.25, 0.3) is 0 Å². The van der Waals surface area contributed by atoms with Gasteiger partial charge in [-0.2, -0.15) is 0 Å². The summed E-state index contributed by atoms with van der Waals surface area (Å²) in [5, 5.41) is 21.2. The number of aromatic nitrogens is 1. The van der Waals surface area contributed by atoms with Gasteiger partial charge in [-0.05, 0) is 79.3 Å². The van der Waals surface area contributed by atoms with Crippen LogP contribution in [0.4, 0.5) is 0 Å². The molecule has 2 aliphatic rings. The normalized spacial score (nSPS) is 18.3. The summed E-state index contributed by atoms with van der Waals surface area (Å²) in [5.41, 5.74) is 5.06. The number of halogens is 1. The molecule has 2 aromatic carbocycles. The molecule has 0 saturated carbocycles. The second kappa shape index (κ2) is 11.1. The van der Waals surface area contributed by atoms with E-state index < -0.39 is 11.6 Å². The van der Waals surface area contributed by atoms with Crippen LogP contribution in [0.2, 0.25) is 5.02 Å². The highest BCUT2D eigenvalue weighted by molar-refractivity contribution is 6.30. The van der Waals surface area contributed by atoms with Gasteiger partial charge in [0, 0.05) is 47.6 Å². The van der Waals surface area contributed by atoms with Crippen LogP contribution in [0.1, 0.15) is 54.1 Å². The number of piperidine rings is 1. The molecule has 5 rings (SSSR count). The van der Waals surface area contributed by atoms with Gasteiger partial charge in [-0.1, -0.05) is 41.9 Å². The van der Waals surface area contributed by atoms with Crippen LogP contribution in [-0.2, 0) is 17.0 Å². The van der Waals surface area contributed by atoms with Crippen molar-refractivity contribution in [3.63, 3.8) is 0 Å². The fourth-order valence-electron chi connectivity index (χ4n) is 5.18. The Bertz CT molecular complexity index is 1390. The molecule has 0 bridgehead atoms. The zero-order valence-electron chi connectivity index (χ0n) is 21.4. The van der Waals surface area contributed by atoms with Crippen molar-refractivity contribution in [2.24, 2.45) is 0 Å². The summed E-state index contributed by atoms with van der Waals surface area (Å²) in [6.45, 7) is 4.45. The van der Waals surface area contributed by atoms with Gasteiger partial charge in [-0.25, -0.2) is 4.79 Å². The molecule has 3 heterocycles. The summed E-state index contributed by atoms with van der Waals surface area (Å²) in [6.07, 6.45) is 7.84. The molecule has 0 radical (unpaired) electrons. The monoisotopic (exact) mass is 530 g/mol. The van der Waals surface area contributed by atoms with Crippen LogP contribution in [0.25, 0.3) is 11.6 Å². The number of benzene rings is 2. The number of rotatable bonds is 6. The lowest BCUT2D eigenvalue weighted by Gasteiger charge is -2.38. The first kappa shape index (κ1) is 26.2. The number of ether oxygens (including phenoxy) is 1. The molecule has 1 fully saturated rings. The van der Waals surface area contributed by atoms with Gasteiger partial charge in [0.05, 0.1) is 11.3 Å². The minimum Gasteiger partial charge on any atom is -0.487 e. The van der Waals surface area contributed by atoms with E-state index in [-0.39, 0.29) is 5.57 Å². The number of nitrogens with zero attached hydrogens (tertiary/aromatic N) is 2. The molecule has 38 heavy (non-hydrogen) atoms. The van der Waals surface area contributed by atoms with E-state index in [0.29, 0.717) is 24.5 Å². The maximum atomic E-state index is 11.4. The minimum absolute atomic E-state index is 0.274. The lowest BCUT2D eigenvalue weighted by molar-refractivity contribution is -0.132. The zero-order valence-corrected chi connectivity index (χ0v) is 22.1. The number of fused-ring (bicyclic) bond motifs is 2. The first-order valence-corrected chi connectivity index (χ1v) is 13.2. The first-order valence-electron chi connectivity index (χ1n) is 12.9. The predicted molar refractivity (Wildman–Crippen MR) is 149 cm³/mol. The first-order chi connectivity index (χ1) is 18.3. The molecule has 2 aliphatic heterocycles. The van der Waals surface area contributed by atoms with Gasteiger partial charge in [0.15, 0.2) is 0 Å². The van der Waals surface area contributed by atoms with Crippen molar-refractivity contribution in [1.82, 2.24) is 9.88 Å². The van der Waals surface area contributed by atoms with Crippen LogP contribution in [0.5, 0.6) is 5.75 Å². The number of hydrogen-bond donors (Lipinski definition) is 2. The third kappa shape index (κ3) is 5.68. The third-order valence-electron chi connectivity index (χ3n) is 7.42. The topological polar surface area (TPSA) is 82.9 Å². The van der Waals surface area contributed by atoms with Crippen molar-refractivity contribution in [2.45, 2.75) is 38.4 Å². The highest BCUT2D eigenvalue weighted by Gasteiger charge is 2.33. The van der Waals surface area contributed by atoms with E-state index in [1.807, 2.05) is 48.5 Å². The molecule has 0 atom stereocenters. The standard InChI is InChI=1S/C31H31ClN2O4/c1-21(30(35)36)18-22-6-11-29-27(19-22)25(26-4-2-14-33-28(26)20-38-29)5-3-15-34-16-12-31(37,13-17-34)23-7-9-24(32)10-8-23/h2,4-11,14,18-19,37H,3,12-13,15-17,20H2,1H3,(H,35,36)/b21-18+,25-5+. The Hall–Kier alpha value is -3.45. The van der Waals surface area contributed by atoms with Crippen molar-refractivity contribution in [3.05, 3.63) is 105 Å². The predicted octanol–water partition coefficient (Wildman–Crippen LogP) is 5.92. The zero-order chi connectivity index (χ0) is 26.7. The quantitative estimate of drug-likeness (QED) is 0.385. The molecular formula is C31H31ClN2O4. The largest absolute Gasteiger partial charge is 0.487 e. The van der Waals surface area contributed by atoms with E-state index in [1.165, 1.54) is 0 Å². The Labute approximate surface area is 227 Å². The van der Waals surface area contributed by atoms with E-state index in [9.17, 15) is 15.0 Å². The molecule has 0 aliphatic carbocycles. The number of aliphatic hydroxyl groups is 1. The van der Waals surface area contributed by atoms with Gasteiger partial charge >= 0.3 is 5.97 Å². The lowest BCUT2D eigenvalue weighted by atomic mass is 9.84. The van der Waals surface area contributed by atoms with Gasteiger partial charge in [0.1, 0.15) is 12.4 Å². The summed E-state index contributed by atoms with van der Waals surface area (Å²) in [5.74, 6) is -0.184. The smallest absolute Gasteiger partial charge is 0.331 e. The van der Waals surface area contributed by atoms with E-state index in [4.69, 9.17) is 16.3 Å². The average Bonchev–Trinajstić information content (AvgIpc) is 3.07. The fourth-order valence-corrected chi connectivity index (χ4v) is 5.31. The van der Waals surface area contributed by atoms with Gasteiger partial charge in [-0.15, -0.1) is 0 Å². The summed E-state index contributed by atoms with van der Waals surface area (Å²) < 4.78 is 6.09. The Balaban J connectivity index is 1.35. The SMILES string of the molecule is C/C(=C\c1ccc2c(c1)/C(=C/CCN1CCC(O)(c3ccc(Cl)cc3)CC1)c1cccnc1CO2)C(=O)O. The van der Waals surface area contributed by atoms with Crippen LogP contribution >= 0.6 is 11.6 Å². The molecule has 0 unspecified atom stereocenters. The molecule has 3 aromatic rings. The minimum atomic E-state index is -0.939. The summed E-state index contributed by atoms with van der Waals surface area (Å²) in [6, 6.07) is 17.3. The fraction of sp³-hybridized carbons (Fsp3) is 0.290. The molecule has 7 heteroatoms.